The standard InChI is InChI=1S/C20H29N5O3/c1-14(2)12-16(20(27)28-3)21-18(26)13-24-10-7-15(8-11-24)19-23-22-17-6-4-5-9-25(17)19/h4-6,9,14-16H,7-8,10-13H2,1-3H3,(H,21,26). The van der Waals surface area contributed by atoms with E-state index in [0.717, 1.165) is 37.4 Å². The quantitative estimate of drug-likeness (QED) is 0.726. The maximum Gasteiger partial charge on any atom is 0.328 e. The van der Waals surface area contributed by atoms with Gasteiger partial charge >= 0.3 is 5.97 Å². The van der Waals surface area contributed by atoms with Gasteiger partial charge in [0.15, 0.2) is 5.65 Å². The van der Waals surface area contributed by atoms with Crippen LogP contribution in [-0.4, -0.2) is 64.2 Å². The number of piperidine rings is 1. The van der Waals surface area contributed by atoms with Crippen molar-refractivity contribution in [1.82, 2.24) is 24.8 Å². The second-order valence-corrected chi connectivity index (χ2v) is 7.81. The van der Waals surface area contributed by atoms with Crippen LogP contribution in [0.1, 0.15) is 44.9 Å². The molecule has 0 saturated carbocycles. The molecule has 28 heavy (non-hydrogen) atoms. The summed E-state index contributed by atoms with van der Waals surface area (Å²) in [6.07, 6.45) is 4.41. The smallest absolute Gasteiger partial charge is 0.328 e. The van der Waals surface area contributed by atoms with Gasteiger partial charge in [-0.25, -0.2) is 4.79 Å². The number of amides is 1. The molecule has 1 amide bonds. The number of ether oxygens (including phenoxy) is 1. The van der Waals surface area contributed by atoms with Crippen LogP contribution in [0.15, 0.2) is 24.4 Å². The van der Waals surface area contributed by atoms with Gasteiger partial charge < -0.3 is 10.1 Å². The Kier molecular flexibility index (Phi) is 6.61. The Labute approximate surface area is 165 Å². The maximum atomic E-state index is 12.4. The number of nitrogens with zero attached hydrogens (tertiary/aromatic N) is 4. The number of fused-ring (bicyclic) bond motifs is 1. The first-order valence-corrected chi connectivity index (χ1v) is 9.87. The van der Waals surface area contributed by atoms with Crippen molar-refractivity contribution in [2.75, 3.05) is 26.7 Å². The highest BCUT2D eigenvalue weighted by Crippen LogP contribution is 2.26. The molecule has 0 spiro atoms. The molecule has 3 heterocycles. The summed E-state index contributed by atoms with van der Waals surface area (Å²) in [6.45, 7) is 5.95. The highest BCUT2D eigenvalue weighted by Gasteiger charge is 2.27. The minimum atomic E-state index is -0.586. The van der Waals surface area contributed by atoms with Crippen molar-refractivity contribution in [3.63, 3.8) is 0 Å². The lowest BCUT2D eigenvalue weighted by Gasteiger charge is -2.31. The lowest BCUT2D eigenvalue weighted by atomic mass is 9.96. The summed E-state index contributed by atoms with van der Waals surface area (Å²) < 4.78 is 6.85. The molecule has 0 bridgehead atoms. The third-order valence-corrected chi connectivity index (χ3v) is 5.19. The van der Waals surface area contributed by atoms with Crippen LogP contribution in [0.5, 0.6) is 0 Å². The first kappa shape index (κ1) is 20.3. The van der Waals surface area contributed by atoms with Crippen molar-refractivity contribution >= 4 is 17.5 Å². The molecular weight excluding hydrogens is 358 g/mol. The second kappa shape index (κ2) is 9.14. The summed E-state index contributed by atoms with van der Waals surface area (Å²) in [5.41, 5.74) is 0.860. The minimum absolute atomic E-state index is 0.137. The highest BCUT2D eigenvalue weighted by molar-refractivity contribution is 5.85. The van der Waals surface area contributed by atoms with E-state index in [1.54, 1.807) is 0 Å². The number of methoxy groups -OCH3 is 1. The highest BCUT2D eigenvalue weighted by atomic mass is 16.5. The average Bonchev–Trinajstić information content (AvgIpc) is 3.11. The van der Waals surface area contributed by atoms with Crippen molar-refractivity contribution < 1.29 is 14.3 Å². The van der Waals surface area contributed by atoms with Crippen molar-refractivity contribution in [3.05, 3.63) is 30.2 Å². The van der Waals surface area contributed by atoms with Crippen LogP contribution in [0.3, 0.4) is 0 Å². The molecule has 3 rings (SSSR count). The molecule has 1 fully saturated rings. The van der Waals surface area contributed by atoms with E-state index in [9.17, 15) is 9.59 Å². The van der Waals surface area contributed by atoms with Crippen LogP contribution in [0, 0.1) is 5.92 Å². The van der Waals surface area contributed by atoms with Gasteiger partial charge in [-0.05, 0) is 50.4 Å². The van der Waals surface area contributed by atoms with Gasteiger partial charge in [-0.2, -0.15) is 0 Å². The van der Waals surface area contributed by atoms with Gasteiger partial charge in [0.1, 0.15) is 11.9 Å². The van der Waals surface area contributed by atoms with Crippen molar-refractivity contribution in [1.29, 1.82) is 0 Å². The van der Waals surface area contributed by atoms with Gasteiger partial charge in [-0.1, -0.05) is 19.9 Å². The zero-order valence-corrected chi connectivity index (χ0v) is 16.8. The van der Waals surface area contributed by atoms with Crippen LogP contribution in [-0.2, 0) is 14.3 Å². The van der Waals surface area contributed by atoms with Gasteiger partial charge in [0, 0.05) is 12.1 Å². The van der Waals surface area contributed by atoms with Crippen molar-refractivity contribution in [3.8, 4) is 0 Å². The normalized spacial score (nSPS) is 17.0. The average molecular weight is 387 g/mol. The lowest BCUT2D eigenvalue weighted by Crippen LogP contribution is -2.47. The number of pyridine rings is 1. The monoisotopic (exact) mass is 387 g/mol. The molecule has 8 nitrogen and oxygen atoms in total. The van der Waals surface area contributed by atoms with Crippen LogP contribution in [0.2, 0.25) is 0 Å². The fraction of sp³-hybridized carbons (Fsp3) is 0.600. The first-order valence-electron chi connectivity index (χ1n) is 9.87. The van der Waals surface area contributed by atoms with E-state index in [4.69, 9.17) is 4.74 Å². The van der Waals surface area contributed by atoms with Crippen molar-refractivity contribution in [2.24, 2.45) is 5.92 Å². The fourth-order valence-corrected chi connectivity index (χ4v) is 3.76. The maximum absolute atomic E-state index is 12.4. The Balaban J connectivity index is 1.52. The molecule has 0 radical (unpaired) electrons. The lowest BCUT2D eigenvalue weighted by molar-refractivity contribution is -0.145. The SMILES string of the molecule is COC(=O)C(CC(C)C)NC(=O)CN1CCC(c2nnc3ccccn23)CC1. The molecule has 1 atom stereocenters. The number of carbonyl (C=O) groups excluding carboxylic acids is 2. The molecule has 1 unspecified atom stereocenters. The summed E-state index contributed by atoms with van der Waals surface area (Å²) >= 11 is 0. The molecule has 1 aliphatic heterocycles. The molecule has 0 aliphatic carbocycles. The molecule has 0 aromatic carbocycles. The number of carbonyl (C=O) groups is 2. The van der Waals surface area contributed by atoms with E-state index in [1.807, 2.05) is 42.6 Å². The molecule has 2 aromatic heterocycles. The van der Waals surface area contributed by atoms with Gasteiger partial charge in [0.05, 0.1) is 13.7 Å². The molecule has 2 aromatic rings. The predicted octanol–water partition coefficient (Wildman–Crippen LogP) is 1.61. The van der Waals surface area contributed by atoms with E-state index in [2.05, 4.69) is 20.4 Å². The zero-order valence-electron chi connectivity index (χ0n) is 16.8. The summed E-state index contributed by atoms with van der Waals surface area (Å²) in [6, 6.07) is 5.30. The second-order valence-electron chi connectivity index (χ2n) is 7.81. The van der Waals surface area contributed by atoms with E-state index in [-0.39, 0.29) is 17.8 Å². The number of likely N-dealkylation sites (tertiary alicyclic amines) is 1. The first-order chi connectivity index (χ1) is 13.5. The molecular formula is C20H29N5O3. The van der Waals surface area contributed by atoms with Crippen LogP contribution in [0.25, 0.3) is 5.65 Å². The number of hydrogen-bond donors (Lipinski definition) is 1. The summed E-state index contributed by atoms with van der Waals surface area (Å²) in [7, 11) is 1.35. The number of nitrogens with one attached hydrogen (secondary N) is 1. The summed E-state index contributed by atoms with van der Waals surface area (Å²) in [4.78, 5) is 26.4. The molecule has 1 N–H and O–H groups in total. The predicted molar refractivity (Wildman–Crippen MR) is 105 cm³/mol. The van der Waals surface area contributed by atoms with Crippen LogP contribution in [0.4, 0.5) is 0 Å². The number of aromatic nitrogens is 3. The summed E-state index contributed by atoms with van der Waals surface area (Å²) in [5, 5.41) is 11.4. The van der Waals surface area contributed by atoms with E-state index in [0.29, 0.717) is 18.9 Å². The summed E-state index contributed by atoms with van der Waals surface area (Å²) in [5.74, 6) is 1.09. The third-order valence-electron chi connectivity index (χ3n) is 5.19. The van der Waals surface area contributed by atoms with Crippen molar-refractivity contribution in [2.45, 2.75) is 45.1 Å². The topological polar surface area (TPSA) is 88.8 Å². The number of rotatable bonds is 7. The minimum Gasteiger partial charge on any atom is -0.467 e. The van der Waals surface area contributed by atoms with Gasteiger partial charge in [0.2, 0.25) is 5.91 Å². The Morgan fingerprint density at radius 3 is 2.68 bits per heavy atom. The van der Waals surface area contributed by atoms with Gasteiger partial charge in [-0.3, -0.25) is 14.1 Å². The fourth-order valence-electron chi connectivity index (χ4n) is 3.76. The third kappa shape index (κ3) is 4.86. The Morgan fingerprint density at radius 2 is 2.00 bits per heavy atom. The molecule has 8 heteroatoms. The Morgan fingerprint density at radius 1 is 1.25 bits per heavy atom. The van der Waals surface area contributed by atoms with Crippen LogP contribution >= 0.6 is 0 Å². The Bertz CT molecular complexity index is 811. The van der Waals surface area contributed by atoms with Gasteiger partial charge in [-0.15, -0.1) is 10.2 Å². The molecule has 152 valence electrons. The van der Waals surface area contributed by atoms with Crippen LogP contribution < -0.4 is 5.32 Å². The number of esters is 1. The van der Waals surface area contributed by atoms with E-state index in [1.165, 1.54) is 7.11 Å². The van der Waals surface area contributed by atoms with E-state index >= 15 is 0 Å². The Hall–Kier alpha value is -2.48. The largest absolute Gasteiger partial charge is 0.467 e. The van der Waals surface area contributed by atoms with E-state index < -0.39 is 6.04 Å². The number of hydrogen-bond acceptors (Lipinski definition) is 6. The molecule has 1 saturated heterocycles. The van der Waals surface area contributed by atoms with Gasteiger partial charge in [0.25, 0.3) is 0 Å². The molecule has 1 aliphatic rings. The zero-order chi connectivity index (χ0) is 20.1.